The molecule has 0 amide bonds. The summed E-state index contributed by atoms with van der Waals surface area (Å²) in [6.07, 6.45) is 0.955. The summed E-state index contributed by atoms with van der Waals surface area (Å²) in [5, 5.41) is 5.02. The van der Waals surface area contributed by atoms with Gasteiger partial charge in [-0.3, -0.25) is 0 Å². The van der Waals surface area contributed by atoms with Crippen LogP contribution in [0.1, 0.15) is 17.0 Å². The van der Waals surface area contributed by atoms with E-state index in [9.17, 15) is 0 Å². The fourth-order valence-electron chi connectivity index (χ4n) is 3.00. The number of rotatable bonds is 2. The van der Waals surface area contributed by atoms with E-state index in [1.165, 1.54) is 11.1 Å². The summed E-state index contributed by atoms with van der Waals surface area (Å²) in [6.45, 7) is 3.59. The zero-order valence-electron chi connectivity index (χ0n) is 13.1. The number of hydrogen-bond donors (Lipinski definition) is 0. The van der Waals surface area contributed by atoms with Gasteiger partial charge in [0.05, 0.1) is 10.0 Å². The van der Waals surface area contributed by atoms with E-state index in [0.29, 0.717) is 21.8 Å². The maximum absolute atomic E-state index is 6.14. The third kappa shape index (κ3) is 2.87. The van der Waals surface area contributed by atoms with Gasteiger partial charge in [0, 0.05) is 24.3 Å². The van der Waals surface area contributed by atoms with E-state index in [0.717, 1.165) is 30.8 Å². The molecule has 0 N–H and O–H groups in total. The highest BCUT2D eigenvalue weighted by Crippen LogP contribution is 2.31. The molecule has 0 bridgehead atoms. The lowest BCUT2D eigenvalue weighted by Crippen LogP contribution is -2.30. The van der Waals surface area contributed by atoms with Crippen molar-refractivity contribution in [3.8, 4) is 11.5 Å². The Morgan fingerprint density at radius 3 is 2.67 bits per heavy atom. The first-order chi connectivity index (χ1) is 11.6. The van der Waals surface area contributed by atoms with E-state index in [1.807, 2.05) is 31.2 Å². The lowest BCUT2D eigenvalue weighted by Gasteiger charge is -2.31. The maximum atomic E-state index is 6.14. The second-order valence-corrected chi connectivity index (χ2v) is 6.71. The van der Waals surface area contributed by atoms with E-state index < -0.39 is 0 Å². The molecule has 4 nitrogen and oxygen atoms in total. The Morgan fingerprint density at radius 1 is 1.04 bits per heavy atom. The van der Waals surface area contributed by atoms with Crippen molar-refractivity contribution in [2.24, 2.45) is 0 Å². The van der Waals surface area contributed by atoms with Crippen LogP contribution in [0.4, 0.5) is 5.69 Å². The minimum atomic E-state index is 0.571. The van der Waals surface area contributed by atoms with Crippen molar-refractivity contribution < 1.29 is 4.52 Å². The molecule has 1 aliphatic heterocycles. The molecule has 0 aliphatic carbocycles. The summed E-state index contributed by atoms with van der Waals surface area (Å²) in [7, 11) is 0. The Balaban J connectivity index is 1.60. The number of halogens is 2. The maximum Gasteiger partial charge on any atom is 0.257 e. The Hall–Kier alpha value is -2.04. The van der Waals surface area contributed by atoms with Gasteiger partial charge in [0.2, 0.25) is 0 Å². The zero-order valence-corrected chi connectivity index (χ0v) is 14.6. The topological polar surface area (TPSA) is 42.2 Å². The smallest absolute Gasteiger partial charge is 0.257 e. The molecule has 0 radical (unpaired) electrons. The highest BCUT2D eigenvalue weighted by molar-refractivity contribution is 6.42. The summed E-state index contributed by atoms with van der Waals surface area (Å²) in [4.78, 5) is 6.60. The monoisotopic (exact) mass is 359 g/mol. The quantitative estimate of drug-likeness (QED) is 0.651. The third-order valence-corrected chi connectivity index (χ3v) is 5.00. The van der Waals surface area contributed by atoms with Crippen molar-refractivity contribution in [2.45, 2.75) is 19.9 Å². The van der Waals surface area contributed by atoms with Gasteiger partial charge >= 0.3 is 0 Å². The summed E-state index contributed by atoms with van der Waals surface area (Å²) in [6, 6.07) is 12.1. The van der Waals surface area contributed by atoms with Crippen LogP contribution < -0.4 is 4.90 Å². The second-order valence-electron chi connectivity index (χ2n) is 5.90. The van der Waals surface area contributed by atoms with Crippen molar-refractivity contribution in [2.75, 3.05) is 11.4 Å². The van der Waals surface area contributed by atoms with Gasteiger partial charge in [0.15, 0.2) is 5.82 Å². The van der Waals surface area contributed by atoms with Crippen LogP contribution in [0.15, 0.2) is 40.9 Å². The number of hydrogen-bond acceptors (Lipinski definition) is 4. The second kappa shape index (κ2) is 6.11. The van der Waals surface area contributed by atoms with Crippen LogP contribution in [0, 0.1) is 6.92 Å². The molecule has 122 valence electrons. The lowest BCUT2D eigenvalue weighted by molar-refractivity contribution is 0.425. The van der Waals surface area contributed by atoms with Gasteiger partial charge in [-0.1, -0.05) is 34.4 Å². The van der Waals surface area contributed by atoms with Crippen LogP contribution in [-0.2, 0) is 13.0 Å². The number of aryl methyl sites for hydroxylation is 1. The van der Waals surface area contributed by atoms with Gasteiger partial charge in [0.1, 0.15) is 0 Å². The molecule has 6 heteroatoms. The largest absolute Gasteiger partial charge is 0.367 e. The molecule has 1 aromatic heterocycles. The number of nitrogens with zero attached hydrogens (tertiary/aromatic N) is 3. The predicted molar refractivity (Wildman–Crippen MR) is 95.7 cm³/mol. The highest BCUT2D eigenvalue weighted by Gasteiger charge is 2.19. The molecule has 0 unspecified atom stereocenters. The molecule has 2 aromatic carbocycles. The molecule has 24 heavy (non-hydrogen) atoms. The normalized spacial score (nSPS) is 13.9. The molecular formula is C18H15Cl2N3O. The van der Waals surface area contributed by atoms with Crippen molar-refractivity contribution in [3.63, 3.8) is 0 Å². The Morgan fingerprint density at radius 2 is 1.92 bits per heavy atom. The third-order valence-electron chi connectivity index (χ3n) is 4.26. The van der Waals surface area contributed by atoms with Gasteiger partial charge in [0.25, 0.3) is 5.89 Å². The number of anilines is 1. The summed E-state index contributed by atoms with van der Waals surface area (Å²) >= 11 is 12.1. The average molecular weight is 360 g/mol. The predicted octanol–water partition coefficient (Wildman–Crippen LogP) is 4.91. The van der Waals surface area contributed by atoms with Crippen molar-refractivity contribution in [1.82, 2.24) is 10.1 Å². The van der Waals surface area contributed by atoms with Gasteiger partial charge < -0.3 is 9.42 Å². The van der Waals surface area contributed by atoms with Crippen molar-refractivity contribution in [1.29, 1.82) is 0 Å². The molecule has 3 aromatic rings. The first-order valence-electron chi connectivity index (χ1n) is 7.72. The van der Waals surface area contributed by atoms with E-state index in [1.54, 1.807) is 0 Å². The van der Waals surface area contributed by atoms with Gasteiger partial charge in [-0.2, -0.15) is 4.98 Å². The summed E-state index contributed by atoms with van der Waals surface area (Å²) in [5.74, 6) is 1.22. The molecule has 0 fully saturated rings. The van der Waals surface area contributed by atoms with Crippen LogP contribution >= 0.6 is 23.2 Å². The molecule has 0 atom stereocenters. The molecule has 0 saturated heterocycles. The van der Waals surface area contributed by atoms with E-state index in [-0.39, 0.29) is 0 Å². The first-order valence-corrected chi connectivity index (χ1v) is 8.48. The lowest BCUT2D eigenvalue weighted by atomic mass is 9.97. The minimum absolute atomic E-state index is 0.571. The number of aromatic nitrogens is 2. The highest BCUT2D eigenvalue weighted by atomic mass is 35.5. The zero-order chi connectivity index (χ0) is 16.7. The van der Waals surface area contributed by atoms with Crippen molar-refractivity contribution in [3.05, 3.63) is 63.4 Å². The fraction of sp³-hybridized carbons (Fsp3) is 0.222. The first kappa shape index (κ1) is 15.5. The van der Waals surface area contributed by atoms with Gasteiger partial charge in [-0.15, -0.1) is 0 Å². The van der Waals surface area contributed by atoms with Crippen LogP contribution in [0.2, 0.25) is 10.0 Å². The molecule has 0 saturated carbocycles. The molecule has 1 aliphatic rings. The molecule has 2 heterocycles. The van der Waals surface area contributed by atoms with Crippen LogP contribution in [-0.4, -0.2) is 16.7 Å². The van der Waals surface area contributed by atoms with Crippen LogP contribution in [0.3, 0.4) is 0 Å². The molecule has 4 rings (SSSR count). The Kier molecular flexibility index (Phi) is 3.94. The van der Waals surface area contributed by atoms with Crippen LogP contribution in [0.25, 0.3) is 11.5 Å². The SMILES string of the molecule is Cc1noc(-c2ccc3c(c2)CCN(c2ccc(Cl)c(Cl)c2)C3)n1. The Bertz CT molecular complexity index is 907. The van der Waals surface area contributed by atoms with Crippen molar-refractivity contribution >= 4 is 28.9 Å². The standard InChI is InChI=1S/C18H15Cl2N3O/c1-11-21-18(24-22-11)13-2-3-14-10-23(7-6-12(14)8-13)15-4-5-16(19)17(20)9-15/h2-5,8-9H,6-7,10H2,1H3. The van der Waals surface area contributed by atoms with Gasteiger partial charge in [-0.25, -0.2) is 0 Å². The summed E-state index contributed by atoms with van der Waals surface area (Å²) in [5.41, 5.74) is 4.68. The van der Waals surface area contributed by atoms with E-state index in [2.05, 4.69) is 27.2 Å². The summed E-state index contributed by atoms with van der Waals surface area (Å²) < 4.78 is 5.26. The number of fused-ring (bicyclic) bond motifs is 1. The number of benzene rings is 2. The van der Waals surface area contributed by atoms with Gasteiger partial charge in [-0.05, 0) is 54.8 Å². The van der Waals surface area contributed by atoms with E-state index in [4.69, 9.17) is 27.7 Å². The average Bonchev–Trinajstić information content (AvgIpc) is 3.03. The van der Waals surface area contributed by atoms with E-state index >= 15 is 0 Å². The van der Waals surface area contributed by atoms with Crippen LogP contribution in [0.5, 0.6) is 0 Å². The molecular weight excluding hydrogens is 345 g/mol. The molecule has 0 spiro atoms. The Labute approximate surface area is 150 Å². The fourth-order valence-corrected chi connectivity index (χ4v) is 3.29. The minimum Gasteiger partial charge on any atom is -0.367 e.